The molecular formula is C45H27N3O. The molecule has 0 N–H and O–H groups in total. The molecule has 0 amide bonds. The van der Waals surface area contributed by atoms with Gasteiger partial charge in [0.15, 0.2) is 17.5 Å². The van der Waals surface area contributed by atoms with Crippen molar-refractivity contribution in [2.24, 2.45) is 0 Å². The van der Waals surface area contributed by atoms with Crippen molar-refractivity contribution in [2.45, 2.75) is 0 Å². The molecule has 8 aromatic carbocycles. The zero-order valence-corrected chi connectivity index (χ0v) is 26.3. The van der Waals surface area contributed by atoms with Gasteiger partial charge < -0.3 is 4.42 Å². The number of furan rings is 1. The first-order valence-corrected chi connectivity index (χ1v) is 16.5. The molecule has 10 aromatic rings. The average Bonchev–Trinajstić information content (AvgIpc) is 3.56. The first-order valence-electron chi connectivity index (χ1n) is 16.5. The molecule has 2 aromatic heterocycles. The van der Waals surface area contributed by atoms with Crippen molar-refractivity contribution < 1.29 is 4.42 Å². The summed E-state index contributed by atoms with van der Waals surface area (Å²) < 4.78 is 6.45. The highest BCUT2D eigenvalue weighted by molar-refractivity contribution is 6.21. The SMILES string of the molecule is c1ccc(-c2nc(-c3ccccc3-c3c4ccccc4cc4c3ccc3ccccc34)nc(-c3cccc4c3oc3ccccc34)n2)cc1. The fourth-order valence-corrected chi connectivity index (χ4v) is 7.26. The van der Waals surface area contributed by atoms with E-state index in [9.17, 15) is 0 Å². The lowest BCUT2D eigenvalue weighted by Crippen LogP contribution is -2.01. The molecule has 0 saturated carbocycles. The van der Waals surface area contributed by atoms with E-state index in [0.29, 0.717) is 17.5 Å². The Balaban J connectivity index is 1.27. The third-order valence-corrected chi connectivity index (χ3v) is 9.52. The molecule has 0 aliphatic heterocycles. The van der Waals surface area contributed by atoms with E-state index in [1.54, 1.807) is 0 Å². The number of benzene rings is 8. The molecule has 0 bridgehead atoms. The molecular weight excluding hydrogens is 599 g/mol. The summed E-state index contributed by atoms with van der Waals surface area (Å²) in [7, 11) is 0. The summed E-state index contributed by atoms with van der Waals surface area (Å²) in [6, 6.07) is 56.9. The summed E-state index contributed by atoms with van der Waals surface area (Å²) >= 11 is 0. The minimum absolute atomic E-state index is 0.567. The third kappa shape index (κ3) is 4.42. The van der Waals surface area contributed by atoms with E-state index in [-0.39, 0.29) is 0 Å². The van der Waals surface area contributed by atoms with Crippen molar-refractivity contribution in [1.82, 2.24) is 15.0 Å². The zero-order valence-electron chi connectivity index (χ0n) is 26.3. The molecule has 0 fully saturated rings. The Morgan fingerprint density at radius 3 is 1.82 bits per heavy atom. The van der Waals surface area contributed by atoms with Crippen molar-refractivity contribution >= 4 is 54.3 Å². The normalized spacial score (nSPS) is 11.7. The molecule has 0 spiro atoms. The van der Waals surface area contributed by atoms with E-state index < -0.39 is 0 Å². The van der Waals surface area contributed by atoms with E-state index in [1.165, 1.54) is 32.3 Å². The molecule has 0 atom stereocenters. The van der Waals surface area contributed by atoms with Crippen LogP contribution in [0.3, 0.4) is 0 Å². The van der Waals surface area contributed by atoms with Crippen molar-refractivity contribution in [3.05, 3.63) is 164 Å². The second-order valence-electron chi connectivity index (χ2n) is 12.4. The predicted octanol–water partition coefficient (Wildman–Crippen LogP) is 11.9. The lowest BCUT2D eigenvalue weighted by atomic mass is 9.88. The number of aromatic nitrogens is 3. The van der Waals surface area contributed by atoms with E-state index in [1.807, 2.05) is 60.7 Å². The van der Waals surface area contributed by atoms with Crippen molar-refractivity contribution in [2.75, 3.05) is 0 Å². The topological polar surface area (TPSA) is 51.8 Å². The monoisotopic (exact) mass is 625 g/mol. The Morgan fingerprint density at radius 2 is 0.959 bits per heavy atom. The lowest BCUT2D eigenvalue weighted by Gasteiger charge is -2.17. The van der Waals surface area contributed by atoms with Crippen LogP contribution in [0.5, 0.6) is 0 Å². The first-order chi connectivity index (χ1) is 24.3. The molecule has 4 nitrogen and oxygen atoms in total. The number of nitrogens with zero attached hydrogens (tertiary/aromatic N) is 3. The van der Waals surface area contributed by atoms with Crippen LogP contribution in [0.1, 0.15) is 0 Å². The Kier molecular flexibility index (Phi) is 6.15. The average molecular weight is 626 g/mol. The molecule has 228 valence electrons. The number of hydrogen-bond donors (Lipinski definition) is 0. The molecule has 2 heterocycles. The number of rotatable bonds is 4. The molecule has 0 aliphatic carbocycles. The largest absolute Gasteiger partial charge is 0.455 e. The zero-order chi connectivity index (χ0) is 32.3. The predicted molar refractivity (Wildman–Crippen MR) is 201 cm³/mol. The number of hydrogen-bond acceptors (Lipinski definition) is 4. The molecule has 0 aliphatic rings. The quantitative estimate of drug-likeness (QED) is 0.144. The summed E-state index contributed by atoms with van der Waals surface area (Å²) in [4.78, 5) is 15.5. The highest BCUT2D eigenvalue weighted by atomic mass is 16.3. The van der Waals surface area contributed by atoms with Crippen molar-refractivity contribution in [3.8, 4) is 45.3 Å². The van der Waals surface area contributed by atoms with Gasteiger partial charge in [0.05, 0.1) is 5.56 Å². The van der Waals surface area contributed by atoms with Crippen LogP contribution < -0.4 is 0 Å². The summed E-state index contributed by atoms with van der Waals surface area (Å²) in [5, 5.41) is 9.34. The maximum Gasteiger partial charge on any atom is 0.167 e. The van der Waals surface area contributed by atoms with Crippen LogP contribution in [0.25, 0.3) is 99.5 Å². The first kappa shape index (κ1) is 27.5. The van der Waals surface area contributed by atoms with Crippen LogP contribution >= 0.6 is 0 Å². The second-order valence-corrected chi connectivity index (χ2v) is 12.4. The standard InChI is InChI=1S/C45H27N3O/c1-2-14-29(15-3-1)43-46-44(48-45(47-43)38-23-12-22-36-33-19-10-11-24-40(33)49-42(36)38)37-21-9-8-20-34(37)41-32-18-7-5-16-30(32)27-39-31-17-6-4-13-28(31)25-26-35(39)41/h1-27H. The lowest BCUT2D eigenvalue weighted by molar-refractivity contribution is 0.669. The Bertz CT molecular complexity index is 2890. The minimum atomic E-state index is 0.567. The summed E-state index contributed by atoms with van der Waals surface area (Å²) in [5.41, 5.74) is 6.52. The van der Waals surface area contributed by atoms with Gasteiger partial charge in [0.2, 0.25) is 0 Å². The van der Waals surface area contributed by atoms with E-state index >= 15 is 0 Å². The van der Waals surface area contributed by atoms with Crippen LogP contribution in [-0.4, -0.2) is 15.0 Å². The van der Waals surface area contributed by atoms with Gasteiger partial charge in [0.25, 0.3) is 0 Å². The molecule has 4 heteroatoms. The number of para-hydroxylation sites is 2. The summed E-state index contributed by atoms with van der Waals surface area (Å²) in [6.07, 6.45) is 0. The van der Waals surface area contributed by atoms with Gasteiger partial charge in [-0.1, -0.05) is 146 Å². The highest BCUT2D eigenvalue weighted by Crippen LogP contribution is 2.43. The van der Waals surface area contributed by atoms with Gasteiger partial charge in [-0.3, -0.25) is 0 Å². The minimum Gasteiger partial charge on any atom is -0.455 e. The van der Waals surface area contributed by atoms with Gasteiger partial charge >= 0.3 is 0 Å². The van der Waals surface area contributed by atoms with Crippen LogP contribution in [0.4, 0.5) is 0 Å². The number of fused-ring (bicyclic) bond motifs is 7. The van der Waals surface area contributed by atoms with E-state index in [2.05, 4.69) is 103 Å². The van der Waals surface area contributed by atoms with Crippen molar-refractivity contribution in [3.63, 3.8) is 0 Å². The van der Waals surface area contributed by atoms with Crippen molar-refractivity contribution in [1.29, 1.82) is 0 Å². The fourth-order valence-electron chi connectivity index (χ4n) is 7.26. The molecule has 0 radical (unpaired) electrons. The molecule has 0 saturated heterocycles. The van der Waals surface area contributed by atoms with Crippen LogP contribution in [0.15, 0.2) is 168 Å². The van der Waals surface area contributed by atoms with Crippen LogP contribution in [-0.2, 0) is 0 Å². The van der Waals surface area contributed by atoms with E-state index in [0.717, 1.165) is 49.8 Å². The molecule has 49 heavy (non-hydrogen) atoms. The van der Waals surface area contributed by atoms with E-state index in [4.69, 9.17) is 19.4 Å². The Labute approximate surface area is 282 Å². The van der Waals surface area contributed by atoms with Gasteiger partial charge in [-0.25, -0.2) is 15.0 Å². The molecule has 0 unspecified atom stereocenters. The summed E-state index contributed by atoms with van der Waals surface area (Å²) in [5.74, 6) is 1.78. The van der Waals surface area contributed by atoms with Gasteiger partial charge in [-0.15, -0.1) is 0 Å². The highest BCUT2D eigenvalue weighted by Gasteiger charge is 2.21. The third-order valence-electron chi connectivity index (χ3n) is 9.52. The fraction of sp³-hybridized carbons (Fsp3) is 0. The maximum absolute atomic E-state index is 6.45. The second kappa shape index (κ2) is 11.0. The Hall–Kier alpha value is -6.65. The maximum atomic E-state index is 6.45. The molecule has 10 rings (SSSR count). The summed E-state index contributed by atoms with van der Waals surface area (Å²) in [6.45, 7) is 0. The van der Waals surface area contributed by atoms with Gasteiger partial charge in [0.1, 0.15) is 11.2 Å². The van der Waals surface area contributed by atoms with Gasteiger partial charge in [-0.05, 0) is 61.6 Å². The smallest absolute Gasteiger partial charge is 0.167 e. The van der Waals surface area contributed by atoms with Crippen LogP contribution in [0, 0.1) is 0 Å². The van der Waals surface area contributed by atoms with Gasteiger partial charge in [0, 0.05) is 21.9 Å². The Morgan fingerprint density at radius 1 is 0.347 bits per heavy atom. The van der Waals surface area contributed by atoms with Gasteiger partial charge in [-0.2, -0.15) is 0 Å². The van der Waals surface area contributed by atoms with Crippen LogP contribution in [0.2, 0.25) is 0 Å².